The zero-order chi connectivity index (χ0) is 17.3. The van der Waals surface area contributed by atoms with Gasteiger partial charge in [0.2, 0.25) is 17.6 Å². The maximum atomic E-state index is 12.3. The molecule has 1 heterocycles. The van der Waals surface area contributed by atoms with E-state index in [9.17, 15) is 14.7 Å². The third kappa shape index (κ3) is 2.57. The second-order valence-electron chi connectivity index (χ2n) is 5.48. The molecule has 0 spiro atoms. The SMILES string of the molecule is CCN(N)C(=O)C[n+]1c2ccccc2c(C(=O)O)c2ccccc21. The zero-order valence-electron chi connectivity index (χ0n) is 13.3. The number of amides is 1. The molecular weight excluding hydrogens is 306 g/mol. The molecular formula is C18H18N3O3+. The van der Waals surface area contributed by atoms with Crippen LogP contribution in [-0.2, 0) is 11.3 Å². The van der Waals surface area contributed by atoms with E-state index < -0.39 is 5.97 Å². The number of likely N-dealkylation sites (N-methyl/N-ethyl adjacent to an activating group) is 1. The Morgan fingerprint density at radius 2 is 1.54 bits per heavy atom. The van der Waals surface area contributed by atoms with Crippen molar-refractivity contribution in [2.24, 2.45) is 5.84 Å². The highest BCUT2D eigenvalue weighted by atomic mass is 16.4. The number of carboxylic acid groups (broad SMARTS) is 1. The predicted octanol–water partition coefficient (Wildman–Crippen LogP) is 1.70. The van der Waals surface area contributed by atoms with Crippen LogP contribution in [0, 0.1) is 0 Å². The molecule has 1 aromatic heterocycles. The largest absolute Gasteiger partial charge is 0.478 e. The fraction of sp³-hybridized carbons (Fsp3) is 0.167. The molecule has 0 saturated carbocycles. The minimum Gasteiger partial charge on any atom is -0.478 e. The number of fused-ring (bicyclic) bond motifs is 2. The second-order valence-corrected chi connectivity index (χ2v) is 5.48. The van der Waals surface area contributed by atoms with Crippen LogP contribution in [0.3, 0.4) is 0 Å². The smallest absolute Gasteiger partial charge is 0.337 e. The number of carboxylic acids is 1. The number of hydrogen-bond donors (Lipinski definition) is 2. The Hall–Kier alpha value is -2.99. The third-order valence-corrected chi connectivity index (χ3v) is 4.10. The Balaban J connectivity index is 2.37. The zero-order valence-corrected chi connectivity index (χ0v) is 13.3. The van der Waals surface area contributed by atoms with Crippen LogP contribution < -0.4 is 10.4 Å². The molecule has 0 aliphatic rings. The molecule has 0 atom stereocenters. The number of carbonyl (C=O) groups excluding carboxylic acids is 1. The molecule has 6 heteroatoms. The fourth-order valence-electron chi connectivity index (χ4n) is 2.92. The maximum absolute atomic E-state index is 12.3. The first-order valence-corrected chi connectivity index (χ1v) is 7.66. The van der Waals surface area contributed by atoms with Gasteiger partial charge in [0, 0.05) is 18.7 Å². The summed E-state index contributed by atoms with van der Waals surface area (Å²) < 4.78 is 1.81. The average Bonchev–Trinajstić information content (AvgIpc) is 2.60. The topological polar surface area (TPSA) is 87.5 Å². The Morgan fingerprint density at radius 3 is 2.00 bits per heavy atom. The summed E-state index contributed by atoms with van der Waals surface area (Å²) >= 11 is 0. The fourth-order valence-corrected chi connectivity index (χ4v) is 2.92. The van der Waals surface area contributed by atoms with E-state index in [0.717, 1.165) is 5.01 Å². The van der Waals surface area contributed by atoms with Gasteiger partial charge in [-0.3, -0.25) is 9.80 Å². The summed E-state index contributed by atoms with van der Waals surface area (Å²) in [5.74, 6) is 4.48. The molecule has 0 aliphatic heterocycles. The van der Waals surface area contributed by atoms with Crippen molar-refractivity contribution in [3.05, 3.63) is 54.1 Å². The van der Waals surface area contributed by atoms with E-state index in [-0.39, 0.29) is 18.0 Å². The Morgan fingerprint density at radius 1 is 1.04 bits per heavy atom. The molecule has 0 bridgehead atoms. The van der Waals surface area contributed by atoms with Crippen molar-refractivity contribution in [1.82, 2.24) is 5.01 Å². The lowest BCUT2D eigenvalue weighted by Crippen LogP contribution is -2.48. The van der Waals surface area contributed by atoms with Crippen molar-refractivity contribution >= 4 is 33.7 Å². The number of hydrazine groups is 1. The van der Waals surface area contributed by atoms with Gasteiger partial charge in [-0.05, 0) is 19.1 Å². The van der Waals surface area contributed by atoms with Crippen LogP contribution in [-0.4, -0.2) is 28.5 Å². The van der Waals surface area contributed by atoms with Gasteiger partial charge in [0.1, 0.15) is 0 Å². The van der Waals surface area contributed by atoms with Crippen molar-refractivity contribution in [3.63, 3.8) is 0 Å². The normalized spacial score (nSPS) is 10.9. The number of hydrogen-bond acceptors (Lipinski definition) is 3. The third-order valence-electron chi connectivity index (χ3n) is 4.10. The van der Waals surface area contributed by atoms with Gasteiger partial charge in [-0.1, -0.05) is 24.3 Å². The molecule has 122 valence electrons. The van der Waals surface area contributed by atoms with Crippen molar-refractivity contribution in [1.29, 1.82) is 0 Å². The van der Waals surface area contributed by atoms with Gasteiger partial charge in [0.15, 0.2) is 0 Å². The first-order chi connectivity index (χ1) is 11.5. The lowest BCUT2D eigenvalue weighted by molar-refractivity contribution is -0.632. The van der Waals surface area contributed by atoms with Gasteiger partial charge in [-0.2, -0.15) is 4.57 Å². The number of aromatic carboxylic acids is 1. The van der Waals surface area contributed by atoms with Crippen molar-refractivity contribution < 1.29 is 19.3 Å². The minimum atomic E-state index is -0.991. The molecule has 2 aromatic carbocycles. The lowest BCUT2D eigenvalue weighted by atomic mass is 10.0. The van der Waals surface area contributed by atoms with Crippen LogP contribution in [0.1, 0.15) is 17.3 Å². The molecule has 0 unspecified atom stereocenters. The monoisotopic (exact) mass is 324 g/mol. The molecule has 24 heavy (non-hydrogen) atoms. The van der Waals surface area contributed by atoms with E-state index in [1.807, 2.05) is 28.8 Å². The molecule has 0 radical (unpaired) electrons. The summed E-state index contributed by atoms with van der Waals surface area (Å²) in [4.78, 5) is 24.1. The van der Waals surface area contributed by atoms with Gasteiger partial charge >= 0.3 is 11.9 Å². The van der Waals surface area contributed by atoms with Crippen LogP contribution in [0.25, 0.3) is 21.8 Å². The first kappa shape index (κ1) is 15.9. The van der Waals surface area contributed by atoms with Crippen LogP contribution in [0.4, 0.5) is 0 Å². The summed E-state index contributed by atoms with van der Waals surface area (Å²) in [6.07, 6.45) is 0. The van der Waals surface area contributed by atoms with Gasteiger partial charge in [0.05, 0.1) is 16.3 Å². The van der Waals surface area contributed by atoms with Crippen LogP contribution in [0.2, 0.25) is 0 Å². The number of pyridine rings is 1. The number of nitrogens with two attached hydrogens (primary N) is 1. The van der Waals surface area contributed by atoms with E-state index in [1.165, 1.54) is 0 Å². The van der Waals surface area contributed by atoms with Crippen molar-refractivity contribution in [3.8, 4) is 0 Å². The van der Waals surface area contributed by atoms with Gasteiger partial charge in [-0.25, -0.2) is 10.6 Å². The predicted molar refractivity (Wildman–Crippen MR) is 90.2 cm³/mol. The molecule has 3 aromatic rings. The van der Waals surface area contributed by atoms with E-state index in [2.05, 4.69) is 0 Å². The molecule has 0 aliphatic carbocycles. The van der Waals surface area contributed by atoms with Crippen molar-refractivity contribution in [2.45, 2.75) is 13.5 Å². The summed E-state index contributed by atoms with van der Waals surface area (Å²) in [5, 5.41) is 12.0. The van der Waals surface area contributed by atoms with Gasteiger partial charge in [-0.15, -0.1) is 0 Å². The van der Waals surface area contributed by atoms with Gasteiger partial charge < -0.3 is 5.11 Å². The van der Waals surface area contributed by atoms with E-state index >= 15 is 0 Å². The van der Waals surface area contributed by atoms with E-state index in [1.54, 1.807) is 31.2 Å². The number of benzene rings is 2. The van der Waals surface area contributed by atoms with Crippen LogP contribution >= 0.6 is 0 Å². The Labute approximate surface area is 138 Å². The van der Waals surface area contributed by atoms with Crippen LogP contribution in [0.5, 0.6) is 0 Å². The molecule has 1 amide bonds. The van der Waals surface area contributed by atoms with Crippen molar-refractivity contribution in [2.75, 3.05) is 6.54 Å². The molecule has 0 saturated heterocycles. The summed E-state index contributed by atoms with van der Waals surface area (Å²) in [6, 6.07) is 14.4. The number of para-hydroxylation sites is 2. The second kappa shape index (κ2) is 6.25. The Bertz CT molecular complexity index is 896. The number of carbonyl (C=O) groups is 2. The van der Waals surface area contributed by atoms with E-state index in [0.29, 0.717) is 28.4 Å². The standard InChI is InChI=1S/C18H17N3O3/c1-2-21(19)16(22)11-20-14-9-5-3-7-12(14)17(18(23)24)13-8-4-6-10-15(13)20/h3-10H,2,11,19H2,1H3/p+1. The minimum absolute atomic E-state index is 0.0469. The molecule has 0 fully saturated rings. The molecule has 3 N–H and O–H groups in total. The molecule has 6 nitrogen and oxygen atoms in total. The number of nitrogens with zero attached hydrogens (tertiary/aromatic N) is 2. The van der Waals surface area contributed by atoms with E-state index in [4.69, 9.17) is 5.84 Å². The highest BCUT2D eigenvalue weighted by molar-refractivity contribution is 6.12. The summed E-state index contributed by atoms with van der Waals surface area (Å²) in [5.41, 5.74) is 1.61. The van der Waals surface area contributed by atoms with Crippen LogP contribution in [0.15, 0.2) is 48.5 Å². The summed E-state index contributed by atoms with van der Waals surface area (Å²) in [6.45, 7) is 2.25. The molecule has 3 rings (SSSR count). The van der Waals surface area contributed by atoms with Gasteiger partial charge in [0.25, 0.3) is 0 Å². The summed E-state index contributed by atoms with van der Waals surface area (Å²) in [7, 11) is 0. The number of rotatable bonds is 4. The lowest BCUT2D eigenvalue weighted by Gasteiger charge is -2.14. The number of aromatic nitrogens is 1. The highest BCUT2D eigenvalue weighted by Gasteiger charge is 2.25. The highest BCUT2D eigenvalue weighted by Crippen LogP contribution is 2.24. The average molecular weight is 324 g/mol. The first-order valence-electron chi connectivity index (χ1n) is 7.66. The Kier molecular flexibility index (Phi) is 4.14. The quantitative estimate of drug-likeness (QED) is 0.251. The maximum Gasteiger partial charge on any atom is 0.337 e.